The van der Waals surface area contributed by atoms with E-state index in [4.69, 9.17) is 21.1 Å². The number of rotatable bonds is 5. The molecule has 1 aromatic rings. The maximum atomic E-state index is 5.96. The van der Waals surface area contributed by atoms with Gasteiger partial charge in [-0.05, 0) is 19.1 Å². The van der Waals surface area contributed by atoms with Crippen LogP contribution in [-0.2, 0) is 4.74 Å². The van der Waals surface area contributed by atoms with Crippen LogP contribution in [0.25, 0.3) is 0 Å². The van der Waals surface area contributed by atoms with Crippen molar-refractivity contribution in [2.75, 3.05) is 20.3 Å². The van der Waals surface area contributed by atoms with Gasteiger partial charge in [-0.1, -0.05) is 11.6 Å². The molecule has 0 amide bonds. The van der Waals surface area contributed by atoms with Crippen LogP contribution in [0.3, 0.4) is 0 Å². The molecular weight excluding hydrogens is 214 g/mol. The molecule has 1 aromatic carbocycles. The predicted octanol–water partition coefficient (Wildman–Crippen LogP) is 3.09. The predicted molar refractivity (Wildman–Crippen MR) is 62.6 cm³/mol. The smallest absolute Gasteiger partial charge is 0.140 e. The molecule has 0 saturated carbocycles. The zero-order valence-electron chi connectivity index (χ0n) is 8.87. The molecule has 0 aliphatic rings. The number of hydrogen-bond donors (Lipinski definition) is 0. The van der Waals surface area contributed by atoms with Gasteiger partial charge in [0, 0.05) is 19.4 Å². The van der Waals surface area contributed by atoms with Crippen LogP contribution in [0.5, 0.6) is 5.75 Å². The molecule has 0 radical (unpaired) electrons. The van der Waals surface area contributed by atoms with Crippen LogP contribution < -0.4 is 4.74 Å². The Bertz CT molecular complexity index is 339. The lowest BCUT2D eigenvalue weighted by molar-refractivity contribution is 0.146. The molecule has 1 rings (SSSR count). The van der Waals surface area contributed by atoms with E-state index < -0.39 is 0 Å². The SMILES string of the molecule is CC=Nc1ccc(Cl)c(OCCOC)c1. The van der Waals surface area contributed by atoms with Crippen molar-refractivity contribution in [2.24, 2.45) is 4.99 Å². The van der Waals surface area contributed by atoms with E-state index in [1.807, 2.05) is 13.0 Å². The lowest BCUT2D eigenvalue weighted by Gasteiger charge is -2.07. The average molecular weight is 228 g/mol. The van der Waals surface area contributed by atoms with Crippen LogP contribution in [0.4, 0.5) is 5.69 Å². The van der Waals surface area contributed by atoms with E-state index in [1.54, 1.807) is 25.5 Å². The normalized spacial score (nSPS) is 10.9. The molecule has 0 N–H and O–H groups in total. The first kappa shape index (κ1) is 12.0. The first-order valence-corrected chi connectivity index (χ1v) is 5.05. The summed E-state index contributed by atoms with van der Waals surface area (Å²) in [5, 5.41) is 0.584. The largest absolute Gasteiger partial charge is 0.490 e. The molecule has 82 valence electrons. The van der Waals surface area contributed by atoms with Gasteiger partial charge in [0.2, 0.25) is 0 Å². The molecule has 0 atom stereocenters. The van der Waals surface area contributed by atoms with Gasteiger partial charge in [-0.2, -0.15) is 0 Å². The quantitative estimate of drug-likeness (QED) is 0.572. The van der Waals surface area contributed by atoms with Crippen LogP contribution in [0.1, 0.15) is 6.92 Å². The Morgan fingerprint density at radius 3 is 2.87 bits per heavy atom. The number of methoxy groups -OCH3 is 1. The zero-order valence-corrected chi connectivity index (χ0v) is 9.62. The topological polar surface area (TPSA) is 30.8 Å². The van der Waals surface area contributed by atoms with Gasteiger partial charge >= 0.3 is 0 Å². The first-order chi connectivity index (χ1) is 7.27. The summed E-state index contributed by atoms with van der Waals surface area (Å²) < 4.78 is 10.3. The average Bonchev–Trinajstić information content (AvgIpc) is 2.23. The summed E-state index contributed by atoms with van der Waals surface area (Å²) in [6.45, 7) is 2.88. The van der Waals surface area contributed by atoms with Crippen LogP contribution in [0.2, 0.25) is 5.02 Å². The van der Waals surface area contributed by atoms with Gasteiger partial charge in [-0.25, -0.2) is 0 Å². The molecule has 0 saturated heterocycles. The summed E-state index contributed by atoms with van der Waals surface area (Å²) in [6, 6.07) is 5.41. The van der Waals surface area contributed by atoms with E-state index >= 15 is 0 Å². The highest BCUT2D eigenvalue weighted by molar-refractivity contribution is 6.32. The third-order valence-electron chi connectivity index (χ3n) is 1.74. The Morgan fingerprint density at radius 1 is 1.40 bits per heavy atom. The molecule has 0 fully saturated rings. The number of aliphatic imine (C=N–C) groups is 1. The lowest BCUT2D eigenvalue weighted by atomic mass is 10.3. The Kier molecular flexibility index (Phi) is 5.15. The van der Waals surface area contributed by atoms with Gasteiger partial charge < -0.3 is 9.47 Å². The number of nitrogens with zero attached hydrogens (tertiary/aromatic N) is 1. The van der Waals surface area contributed by atoms with Crippen LogP contribution >= 0.6 is 11.6 Å². The number of ether oxygens (including phenoxy) is 2. The second-order valence-corrected chi connectivity index (χ2v) is 3.25. The minimum Gasteiger partial charge on any atom is -0.490 e. The summed E-state index contributed by atoms with van der Waals surface area (Å²) in [7, 11) is 1.63. The van der Waals surface area contributed by atoms with E-state index in [1.165, 1.54) is 0 Å². The molecule has 0 aliphatic carbocycles. The second-order valence-electron chi connectivity index (χ2n) is 2.84. The molecule has 0 heterocycles. The summed E-state index contributed by atoms with van der Waals surface area (Å²) in [4.78, 5) is 4.14. The van der Waals surface area contributed by atoms with Crippen molar-refractivity contribution in [3.8, 4) is 5.75 Å². The molecular formula is C11H14ClNO2. The van der Waals surface area contributed by atoms with Crippen molar-refractivity contribution >= 4 is 23.5 Å². The molecule has 4 heteroatoms. The summed E-state index contributed by atoms with van der Waals surface area (Å²) in [5.41, 5.74) is 0.828. The van der Waals surface area contributed by atoms with Gasteiger partial charge in [-0.3, -0.25) is 4.99 Å². The van der Waals surface area contributed by atoms with E-state index in [-0.39, 0.29) is 0 Å². The molecule has 0 spiro atoms. The number of benzene rings is 1. The molecule has 0 aromatic heterocycles. The monoisotopic (exact) mass is 227 g/mol. The van der Waals surface area contributed by atoms with Crippen LogP contribution in [0, 0.1) is 0 Å². The molecule has 3 nitrogen and oxygen atoms in total. The molecule has 15 heavy (non-hydrogen) atoms. The standard InChI is InChI=1S/C11H14ClNO2/c1-3-13-9-4-5-10(12)11(8-9)15-7-6-14-2/h3-5,8H,6-7H2,1-2H3. The van der Waals surface area contributed by atoms with Crippen molar-refractivity contribution in [3.05, 3.63) is 23.2 Å². The summed E-state index contributed by atoms with van der Waals surface area (Å²) in [6.07, 6.45) is 1.72. The number of hydrogen-bond acceptors (Lipinski definition) is 3. The minimum absolute atomic E-state index is 0.482. The second kappa shape index (κ2) is 6.43. The van der Waals surface area contributed by atoms with Gasteiger partial charge in [-0.15, -0.1) is 0 Å². The van der Waals surface area contributed by atoms with E-state index in [0.717, 1.165) is 5.69 Å². The van der Waals surface area contributed by atoms with Gasteiger partial charge in [0.25, 0.3) is 0 Å². The van der Waals surface area contributed by atoms with Crippen molar-refractivity contribution < 1.29 is 9.47 Å². The molecule has 0 unspecified atom stereocenters. The van der Waals surface area contributed by atoms with Gasteiger partial charge in [0.05, 0.1) is 17.3 Å². The fourth-order valence-electron chi connectivity index (χ4n) is 1.07. The van der Waals surface area contributed by atoms with Crippen LogP contribution in [-0.4, -0.2) is 26.5 Å². The maximum absolute atomic E-state index is 5.96. The highest BCUT2D eigenvalue weighted by Gasteiger charge is 2.02. The molecule has 0 aliphatic heterocycles. The van der Waals surface area contributed by atoms with Gasteiger partial charge in [0.15, 0.2) is 0 Å². The van der Waals surface area contributed by atoms with Crippen molar-refractivity contribution in [1.29, 1.82) is 0 Å². The third-order valence-corrected chi connectivity index (χ3v) is 2.05. The Balaban J connectivity index is 2.71. The van der Waals surface area contributed by atoms with Crippen molar-refractivity contribution in [3.63, 3.8) is 0 Å². The third kappa shape index (κ3) is 3.90. The van der Waals surface area contributed by atoms with E-state index in [2.05, 4.69) is 4.99 Å². The number of halogens is 1. The van der Waals surface area contributed by atoms with Crippen LogP contribution in [0.15, 0.2) is 23.2 Å². The fraction of sp³-hybridized carbons (Fsp3) is 0.364. The zero-order chi connectivity index (χ0) is 11.1. The first-order valence-electron chi connectivity index (χ1n) is 4.68. The Labute approximate surface area is 94.7 Å². The summed E-state index contributed by atoms with van der Waals surface area (Å²) in [5.74, 6) is 0.636. The van der Waals surface area contributed by atoms with Crippen molar-refractivity contribution in [2.45, 2.75) is 6.92 Å². The van der Waals surface area contributed by atoms with E-state index in [9.17, 15) is 0 Å². The fourth-order valence-corrected chi connectivity index (χ4v) is 1.24. The Hall–Kier alpha value is -1.06. The van der Waals surface area contributed by atoms with E-state index in [0.29, 0.717) is 24.0 Å². The van der Waals surface area contributed by atoms with Crippen molar-refractivity contribution in [1.82, 2.24) is 0 Å². The highest BCUT2D eigenvalue weighted by Crippen LogP contribution is 2.28. The highest BCUT2D eigenvalue weighted by atomic mass is 35.5. The lowest BCUT2D eigenvalue weighted by Crippen LogP contribution is -2.04. The molecule has 0 bridgehead atoms. The Morgan fingerprint density at radius 2 is 2.20 bits per heavy atom. The minimum atomic E-state index is 0.482. The summed E-state index contributed by atoms with van der Waals surface area (Å²) >= 11 is 5.96. The van der Waals surface area contributed by atoms with Gasteiger partial charge in [0.1, 0.15) is 12.4 Å². The maximum Gasteiger partial charge on any atom is 0.140 e.